The molecule has 138 valence electrons. The minimum Gasteiger partial charge on any atom is -0.335 e. The van der Waals surface area contributed by atoms with Crippen LogP contribution in [0.2, 0.25) is 0 Å². The average Bonchev–Trinajstić information content (AvgIpc) is 2.57. The Balaban J connectivity index is 0.000000420. The molecule has 0 aromatic heterocycles. The number of hydrogen-bond donors (Lipinski definition) is 1. The van der Waals surface area contributed by atoms with Gasteiger partial charge in [-0.1, -0.05) is 32.9 Å². The molecule has 0 radical (unpaired) electrons. The quantitative estimate of drug-likeness (QED) is 0.775. The zero-order valence-corrected chi connectivity index (χ0v) is 14.4. The molecule has 0 unspecified atom stereocenters. The van der Waals surface area contributed by atoms with E-state index in [4.69, 9.17) is 5.73 Å². The largest absolute Gasteiger partial charge is 0.471 e. The van der Waals surface area contributed by atoms with E-state index in [2.05, 4.69) is 0 Å². The van der Waals surface area contributed by atoms with Gasteiger partial charge in [0.25, 0.3) is 0 Å². The molecular formula is C17H26F4N2O. The molecule has 1 heterocycles. The molecule has 0 bridgehead atoms. The van der Waals surface area contributed by atoms with Crippen molar-refractivity contribution in [2.45, 2.75) is 46.3 Å². The Hall–Kier alpha value is -1.63. The number of nitrogens with zero attached hydrogens (tertiary/aromatic N) is 1. The number of halogens is 4. The maximum absolute atomic E-state index is 12.2. The Morgan fingerprint density at radius 3 is 2.00 bits per heavy atom. The molecule has 7 heteroatoms. The van der Waals surface area contributed by atoms with Crippen LogP contribution >= 0.6 is 0 Å². The highest BCUT2D eigenvalue weighted by molar-refractivity contribution is 5.81. The summed E-state index contributed by atoms with van der Waals surface area (Å²) in [5.41, 5.74) is 6.23. The number of likely N-dealkylation sites (tertiary alicyclic amines) is 1. The van der Waals surface area contributed by atoms with Crippen LogP contribution in [0.1, 0.15) is 39.2 Å². The smallest absolute Gasteiger partial charge is 0.335 e. The normalized spacial score (nSPS) is 14.9. The van der Waals surface area contributed by atoms with E-state index in [1.54, 1.807) is 12.1 Å². The van der Waals surface area contributed by atoms with Crippen molar-refractivity contribution in [3.8, 4) is 0 Å². The van der Waals surface area contributed by atoms with Gasteiger partial charge in [0.2, 0.25) is 0 Å². The molecule has 1 aromatic rings. The predicted octanol–water partition coefficient (Wildman–Crippen LogP) is 4.12. The number of benzene rings is 1. The number of hydrogen-bond acceptors (Lipinski definition) is 2. The van der Waals surface area contributed by atoms with Gasteiger partial charge < -0.3 is 10.6 Å². The molecule has 0 spiro atoms. The highest BCUT2D eigenvalue weighted by atomic mass is 19.4. The summed E-state index contributed by atoms with van der Waals surface area (Å²) in [6.45, 7) is 6.93. The SMILES string of the molecule is CC.CC1CCN(C(=O)C(F)(F)F)CC1.NCc1ccc(F)cc1. The van der Waals surface area contributed by atoms with Gasteiger partial charge in [0.1, 0.15) is 5.82 Å². The number of nitrogens with two attached hydrogens (primary N) is 1. The Morgan fingerprint density at radius 1 is 1.17 bits per heavy atom. The second-order valence-electron chi connectivity index (χ2n) is 5.30. The lowest BCUT2D eigenvalue weighted by atomic mass is 9.99. The van der Waals surface area contributed by atoms with Crippen molar-refractivity contribution in [2.24, 2.45) is 11.7 Å². The Labute approximate surface area is 140 Å². The van der Waals surface area contributed by atoms with Crippen LogP contribution in [0.15, 0.2) is 24.3 Å². The van der Waals surface area contributed by atoms with Gasteiger partial charge in [-0.05, 0) is 36.5 Å². The van der Waals surface area contributed by atoms with E-state index in [1.165, 1.54) is 12.1 Å². The summed E-state index contributed by atoms with van der Waals surface area (Å²) in [5.74, 6) is -1.48. The van der Waals surface area contributed by atoms with Crippen molar-refractivity contribution in [2.75, 3.05) is 13.1 Å². The summed E-state index contributed by atoms with van der Waals surface area (Å²) in [6, 6.07) is 6.16. The average molecular weight is 350 g/mol. The van der Waals surface area contributed by atoms with Crippen molar-refractivity contribution >= 4 is 5.91 Å². The fourth-order valence-electron chi connectivity index (χ4n) is 2.01. The van der Waals surface area contributed by atoms with Gasteiger partial charge in [0, 0.05) is 19.6 Å². The number of piperidine rings is 1. The third kappa shape index (κ3) is 8.29. The van der Waals surface area contributed by atoms with Gasteiger partial charge in [-0.25, -0.2) is 4.39 Å². The van der Waals surface area contributed by atoms with Gasteiger partial charge in [0.05, 0.1) is 0 Å². The second kappa shape index (κ2) is 11.0. The number of rotatable bonds is 1. The third-order valence-electron chi connectivity index (χ3n) is 3.46. The van der Waals surface area contributed by atoms with Gasteiger partial charge in [0.15, 0.2) is 0 Å². The van der Waals surface area contributed by atoms with Crippen LogP contribution in [0, 0.1) is 11.7 Å². The van der Waals surface area contributed by atoms with Crippen LogP contribution < -0.4 is 5.73 Å². The molecule has 1 aliphatic rings. The fourth-order valence-corrected chi connectivity index (χ4v) is 2.01. The zero-order valence-electron chi connectivity index (χ0n) is 14.4. The molecule has 2 N–H and O–H groups in total. The first-order valence-electron chi connectivity index (χ1n) is 8.04. The van der Waals surface area contributed by atoms with Crippen LogP contribution in [0.5, 0.6) is 0 Å². The standard InChI is InChI=1S/C8H12F3NO.C7H8FN.C2H6/c1-6-2-4-12(5-3-6)7(13)8(9,10)11;8-7-3-1-6(5-9)2-4-7;1-2/h6H,2-5H2,1H3;1-4H,5,9H2;1-2H3. The molecule has 1 saturated heterocycles. The van der Waals surface area contributed by atoms with Crippen molar-refractivity contribution in [1.82, 2.24) is 4.90 Å². The van der Waals surface area contributed by atoms with Crippen molar-refractivity contribution in [1.29, 1.82) is 0 Å². The lowest BCUT2D eigenvalue weighted by Crippen LogP contribution is -2.45. The maximum Gasteiger partial charge on any atom is 0.471 e. The minimum absolute atomic E-state index is 0.216. The monoisotopic (exact) mass is 350 g/mol. The van der Waals surface area contributed by atoms with E-state index in [0.29, 0.717) is 25.3 Å². The molecular weight excluding hydrogens is 324 g/mol. The summed E-state index contributed by atoms with van der Waals surface area (Å²) in [6.07, 6.45) is -3.37. The summed E-state index contributed by atoms with van der Waals surface area (Å²) in [7, 11) is 0. The van der Waals surface area contributed by atoms with E-state index in [0.717, 1.165) is 10.5 Å². The Morgan fingerprint density at radius 2 is 1.62 bits per heavy atom. The second-order valence-corrected chi connectivity index (χ2v) is 5.30. The molecule has 1 aliphatic heterocycles. The number of carbonyl (C=O) groups is 1. The van der Waals surface area contributed by atoms with E-state index >= 15 is 0 Å². The van der Waals surface area contributed by atoms with E-state index in [9.17, 15) is 22.4 Å². The molecule has 0 atom stereocenters. The maximum atomic E-state index is 12.2. The lowest BCUT2D eigenvalue weighted by Gasteiger charge is -2.30. The molecule has 3 nitrogen and oxygen atoms in total. The van der Waals surface area contributed by atoms with E-state index in [1.807, 2.05) is 20.8 Å². The summed E-state index contributed by atoms with van der Waals surface area (Å²) < 4.78 is 48.0. The van der Waals surface area contributed by atoms with Gasteiger partial charge in [-0.3, -0.25) is 4.79 Å². The van der Waals surface area contributed by atoms with Crippen LogP contribution in [-0.4, -0.2) is 30.1 Å². The van der Waals surface area contributed by atoms with Crippen molar-refractivity contribution < 1.29 is 22.4 Å². The van der Waals surface area contributed by atoms with E-state index in [-0.39, 0.29) is 18.9 Å². The van der Waals surface area contributed by atoms with Gasteiger partial charge >= 0.3 is 12.1 Å². The first-order chi connectivity index (χ1) is 11.2. The Bertz CT molecular complexity index is 466. The highest BCUT2D eigenvalue weighted by Crippen LogP contribution is 2.23. The first kappa shape index (κ1) is 22.4. The summed E-state index contributed by atoms with van der Waals surface area (Å²) >= 11 is 0. The molecule has 1 aromatic carbocycles. The highest BCUT2D eigenvalue weighted by Gasteiger charge is 2.42. The zero-order chi connectivity index (χ0) is 18.8. The molecule has 2 rings (SSSR count). The van der Waals surface area contributed by atoms with Crippen LogP contribution in [-0.2, 0) is 11.3 Å². The van der Waals surface area contributed by atoms with Crippen LogP contribution in [0.25, 0.3) is 0 Å². The van der Waals surface area contributed by atoms with E-state index < -0.39 is 12.1 Å². The van der Waals surface area contributed by atoms with Crippen LogP contribution in [0.3, 0.4) is 0 Å². The molecule has 1 amide bonds. The summed E-state index contributed by atoms with van der Waals surface area (Å²) in [4.78, 5) is 11.6. The third-order valence-corrected chi connectivity index (χ3v) is 3.46. The molecule has 24 heavy (non-hydrogen) atoms. The summed E-state index contributed by atoms with van der Waals surface area (Å²) in [5, 5.41) is 0. The number of carbonyl (C=O) groups excluding carboxylic acids is 1. The molecule has 1 fully saturated rings. The van der Waals surface area contributed by atoms with Crippen molar-refractivity contribution in [3.05, 3.63) is 35.6 Å². The van der Waals surface area contributed by atoms with Crippen molar-refractivity contribution in [3.63, 3.8) is 0 Å². The van der Waals surface area contributed by atoms with Gasteiger partial charge in [-0.15, -0.1) is 0 Å². The minimum atomic E-state index is -4.71. The predicted molar refractivity (Wildman–Crippen MR) is 86.7 cm³/mol. The van der Waals surface area contributed by atoms with Gasteiger partial charge in [-0.2, -0.15) is 13.2 Å². The first-order valence-corrected chi connectivity index (χ1v) is 8.04. The van der Waals surface area contributed by atoms with Crippen LogP contribution in [0.4, 0.5) is 17.6 Å². The topological polar surface area (TPSA) is 46.3 Å². The lowest BCUT2D eigenvalue weighted by molar-refractivity contribution is -0.186. The fraction of sp³-hybridized carbons (Fsp3) is 0.588. The number of alkyl halides is 3. The molecule has 0 saturated carbocycles. The molecule has 0 aliphatic carbocycles. The number of amides is 1. The Kier molecular flexibility index (Phi) is 10.3.